The summed E-state index contributed by atoms with van der Waals surface area (Å²) < 4.78 is 0. The van der Waals surface area contributed by atoms with Gasteiger partial charge in [0.1, 0.15) is 0 Å². The lowest BCUT2D eigenvalue weighted by Gasteiger charge is -1.93. The minimum atomic E-state index is 0.833. The van der Waals surface area contributed by atoms with Gasteiger partial charge in [-0.25, -0.2) is 0 Å². The first-order valence-corrected chi connectivity index (χ1v) is 22.5. The second-order valence-electron chi connectivity index (χ2n) is 14.0. The van der Waals surface area contributed by atoms with Crippen molar-refractivity contribution in [1.82, 2.24) is 0 Å². The lowest BCUT2D eigenvalue weighted by Crippen LogP contribution is -1.78. The maximum absolute atomic E-state index is 2.22. The fourth-order valence-electron chi connectivity index (χ4n) is 0.933. The SMILES string of the molecule is CC.CC.CC.CC.CC(C)C.CCC(C)C.CCC(C)C.CCC(C)C.CCC(C)C.CCC(C)C.CCCC.CCCc1ccccc1. The molecule has 0 radical (unpaired) electrons. The molecule has 1 aromatic carbocycles. The molecule has 0 spiro atoms. The molecule has 0 aliphatic carbocycles. The second-order valence-corrected chi connectivity index (χ2v) is 14.0. The van der Waals surface area contributed by atoms with Gasteiger partial charge >= 0.3 is 0 Å². The van der Waals surface area contributed by atoms with Crippen LogP contribution in [0.25, 0.3) is 0 Å². The van der Waals surface area contributed by atoms with E-state index in [-0.39, 0.29) is 0 Å². The van der Waals surface area contributed by atoms with Gasteiger partial charge in [-0.1, -0.05) is 282 Å². The average Bonchev–Trinajstić information content (AvgIpc) is 3.13. The van der Waals surface area contributed by atoms with E-state index < -0.39 is 0 Å². The predicted octanol–water partition coefficient (Wildman–Crippen LogP) is 20.5. The van der Waals surface area contributed by atoms with Crippen LogP contribution in [0.3, 0.4) is 0 Å². The monoisotopic (exact) mass is 717 g/mol. The molecule has 0 saturated carbocycles. The minimum Gasteiger partial charge on any atom is -0.0683 e. The molecule has 316 valence electrons. The Hall–Kier alpha value is -0.780. The summed E-state index contributed by atoms with van der Waals surface area (Å²) in [6.07, 6.45) is 11.6. The van der Waals surface area contributed by atoms with Crippen molar-refractivity contribution in [2.75, 3.05) is 0 Å². The Kier molecular flexibility index (Phi) is 144. The van der Waals surface area contributed by atoms with E-state index in [1.807, 2.05) is 55.4 Å². The van der Waals surface area contributed by atoms with Crippen molar-refractivity contribution in [2.45, 2.75) is 259 Å². The molecule has 0 heterocycles. The number of rotatable bonds is 8. The highest BCUT2D eigenvalue weighted by Gasteiger charge is 1.85. The summed E-state index contributed by atoms with van der Waals surface area (Å²) in [6, 6.07) is 10.6. The molecule has 0 bridgehead atoms. The summed E-state index contributed by atoms with van der Waals surface area (Å²) in [7, 11) is 0. The van der Waals surface area contributed by atoms with Gasteiger partial charge in [-0.2, -0.15) is 0 Å². The summed E-state index contributed by atoms with van der Waals surface area (Å²) in [5.41, 5.74) is 1.44. The summed E-state index contributed by atoms with van der Waals surface area (Å²) in [5.74, 6) is 5.25. The van der Waals surface area contributed by atoms with Crippen molar-refractivity contribution in [3.05, 3.63) is 35.9 Å². The molecule has 0 fully saturated rings. The Morgan fingerprint density at radius 3 is 0.580 bits per heavy atom. The van der Waals surface area contributed by atoms with E-state index >= 15 is 0 Å². The largest absolute Gasteiger partial charge is 0.0683 e. The molecule has 0 aliphatic heterocycles. The highest BCUT2D eigenvalue weighted by Crippen LogP contribution is 2.00. The van der Waals surface area contributed by atoms with E-state index in [9.17, 15) is 0 Å². The maximum Gasteiger partial charge on any atom is -0.0281 e. The second kappa shape index (κ2) is 91.8. The molecule has 1 aromatic rings. The van der Waals surface area contributed by atoms with E-state index in [1.54, 1.807) is 0 Å². The van der Waals surface area contributed by atoms with Crippen LogP contribution in [0.2, 0.25) is 0 Å². The van der Waals surface area contributed by atoms with Crippen molar-refractivity contribution in [3.8, 4) is 0 Å². The van der Waals surface area contributed by atoms with E-state index in [0.717, 1.165) is 35.5 Å². The minimum absolute atomic E-state index is 0.833. The number of benzene rings is 1. The quantitative estimate of drug-likeness (QED) is 0.251. The van der Waals surface area contributed by atoms with Crippen LogP contribution in [0, 0.1) is 35.5 Å². The molecule has 1 rings (SSSR count). The van der Waals surface area contributed by atoms with Crippen LogP contribution in [-0.4, -0.2) is 0 Å². The summed E-state index contributed by atoms with van der Waals surface area (Å²) in [6.45, 7) is 62.3. The molecule has 0 amide bonds. The first-order valence-electron chi connectivity index (χ1n) is 22.5. The Balaban J connectivity index is -0.0000000380. The Labute approximate surface area is 329 Å². The van der Waals surface area contributed by atoms with Gasteiger partial charge in [0.05, 0.1) is 0 Å². The molecule has 50 heavy (non-hydrogen) atoms. The molecule has 0 aromatic heterocycles. The van der Waals surface area contributed by atoms with E-state index in [1.165, 1.54) is 63.4 Å². The molecular formula is C50H116. The van der Waals surface area contributed by atoms with Crippen molar-refractivity contribution >= 4 is 0 Å². The molecule has 0 nitrogen and oxygen atoms in total. The zero-order chi connectivity index (χ0) is 42.9. The van der Waals surface area contributed by atoms with Crippen LogP contribution in [-0.2, 0) is 6.42 Å². The smallest absolute Gasteiger partial charge is 0.0281 e. The number of aryl methyl sites for hydroxylation is 1. The number of unbranched alkanes of at least 4 members (excludes halogenated alkanes) is 1. The van der Waals surface area contributed by atoms with Crippen LogP contribution in [0.5, 0.6) is 0 Å². The number of hydrogen-bond donors (Lipinski definition) is 0. The standard InChI is InChI=1S/C9H12.5C5H12.2C4H10.4C2H6/c1-2-6-9-7-4-3-5-8-9;5*1-4-5(2)3;1-4(2)3;1-3-4-2;4*1-2/h3-5,7-8H,2,6H2,1H3;5*5H,4H2,1-3H3;4H,1-3H3;3-4H2,1-2H3;4*1-2H3. The molecule has 0 atom stereocenters. The van der Waals surface area contributed by atoms with Gasteiger partial charge in [0, 0.05) is 0 Å². The molecule has 0 aliphatic rings. The van der Waals surface area contributed by atoms with Crippen LogP contribution in [0.4, 0.5) is 0 Å². The Bertz CT molecular complexity index is 413. The summed E-state index contributed by atoms with van der Waals surface area (Å²) >= 11 is 0. The van der Waals surface area contributed by atoms with Gasteiger partial charge in [-0.3, -0.25) is 0 Å². The molecule has 0 saturated heterocycles. The lowest BCUT2D eigenvalue weighted by atomic mass is 10.1. The molecule has 0 N–H and O–H groups in total. The predicted molar refractivity (Wildman–Crippen MR) is 253 cm³/mol. The molecular weight excluding hydrogens is 601 g/mol. The van der Waals surface area contributed by atoms with Crippen LogP contribution in [0.15, 0.2) is 30.3 Å². The van der Waals surface area contributed by atoms with Crippen molar-refractivity contribution in [2.24, 2.45) is 35.5 Å². The van der Waals surface area contributed by atoms with Crippen LogP contribution in [0.1, 0.15) is 258 Å². The zero-order valence-corrected chi connectivity index (χ0v) is 42.2. The van der Waals surface area contributed by atoms with Gasteiger partial charge in [-0.15, -0.1) is 0 Å². The summed E-state index contributed by atoms with van der Waals surface area (Å²) in [5, 5.41) is 0. The average molecular weight is 717 g/mol. The van der Waals surface area contributed by atoms with Gasteiger partial charge in [0.2, 0.25) is 0 Å². The fourth-order valence-corrected chi connectivity index (χ4v) is 0.933. The Morgan fingerprint density at radius 2 is 0.480 bits per heavy atom. The summed E-state index contributed by atoms with van der Waals surface area (Å²) in [4.78, 5) is 0. The third kappa shape index (κ3) is 224. The van der Waals surface area contributed by atoms with Gasteiger partial charge in [-0.05, 0) is 47.5 Å². The van der Waals surface area contributed by atoms with Gasteiger partial charge in [0.15, 0.2) is 0 Å². The Morgan fingerprint density at radius 1 is 0.320 bits per heavy atom. The van der Waals surface area contributed by atoms with Crippen molar-refractivity contribution < 1.29 is 0 Å². The maximum atomic E-state index is 2.22. The van der Waals surface area contributed by atoms with Gasteiger partial charge < -0.3 is 0 Å². The topological polar surface area (TPSA) is 0 Å². The van der Waals surface area contributed by atoms with Crippen molar-refractivity contribution in [1.29, 1.82) is 0 Å². The lowest BCUT2D eigenvalue weighted by molar-refractivity contribution is 0.626. The highest BCUT2D eigenvalue weighted by atomic mass is 13.9. The van der Waals surface area contributed by atoms with Gasteiger partial charge in [0.25, 0.3) is 0 Å². The molecule has 0 heteroatoms. The zero-order valence-electron chi connectivity index (χ0n) is 42.2. The van der Waals surface area contributed by atoms with E-state index in [0.29, 0.717) is 0 Å². The van der Waals surface area contributed by atoms with Crippen LogP contribution >= 0.6 is 0 Å². The number of hydrogen-bond acceptors (Lipinski definition) is 0. The first-order chi connectivity index (χ1) is 23.4. The third-order valence-corrected chi connectivity index (χ3v) is 5.96. The van der Waals surface area contributed by atoms with Crippen LogP contribution < -0.4 is 0 Å². The normalized spacial score (nSPS) is 8.30. The van der Waals surface area contributed by atoms with E-state index in [2.05, 4.69) is 176 Å². The van der Waals surface area contributed by atoms with E-state index in [4.69, 9.17) is 0 Å². The first kappa shape index (κ1) is 78.3. The molecule has 0 unspecified atom stereocenters. The highest BCUT2D eigenvalue weighted by molar-refractivity contribution is 5.14. The fraction of sp³-hybridized carbons (Fsp3) is 0.880. The van der Waals surface area contributed by atoms with Crippen molar-refractivity contribution in [3.63, 3.8) is 0 Å². The third-order valence-electron chi connectivity index (χ3n) is 5.96.